The lowest BCUT2D eigenvalue weighted by Gasteiger charge is -2.09. The van der Waals surface area contributed by atoms with Crippen molar-refractivity contribution in [1.82, 2.24) is 4.98 Å². The van der Waals surface area contributed by atoms with Gasteiger partial charge >= 0.3 is 0 Å². The molecule has 0 aliphatic rings. The molecule has 2 aromatic carbocycles. The van der Waals surface area contributed by atoms with Gasteiger partial charge in [0.15, 0.2) is 0 Å². The van der Waals surface area contributed by atoms with Crippen LogP contribution < -0.4 is 0 Å². The van der Waals surface area contributed by atoms with E-state index < -0.39 is 0 Å². The normalized spacial score (nSPS) is 11.2. The van der Waals surface area contributed by atoms with E-state index >= 15 is 0 Å². The Labute approximate surface area is 115 Å². The predicted molar refractivity (Wildman–Crippen MR) is 80.7 cm³/mol. The van der Waals surface area contributed by atoms with Crippen LogP contribution in [0.1, 0.15) is 6.92 Å². The maximum absolute atomic E-state index is 6.05. The summed E-state index contributed by atoms with van der Waals surface area (Å²) in [6.45, 7) is 2.17. The second-order valence-corrected chi connectivity index (χ2v) is 5.76. The molecule has 18 heavy (non-hydrogen) atoms. The van der Waals surface area contributed by atoms with Gasteiger partial charge in [0.1, 0.15) is 0 Å². The Morgan fingerprint density at radius 3 is 2.67 bits per heavy atom. The van der Waals surface area contributed by atoms with Crippen LogP contribution in [-0.4, -0.2) is 10.7 Å². The maximum Gasteiger partial charge on any atom is 0.0735 e. The fourth-order valence-electron chi connectivity index (χ4n) is 2.13. The number of fused-ring (bicyclic) bond motifs is 2. The summed E-state index contributed by atoms with van der Waals surface area (Å²) in [5.74, 6) is 1.05. The minimum Gasteiger partial charge on any atom is -0.248 e. The zero-order chi connectivity index (χ0) is 12.5. The van der Waals surface area contributed by atoms with Crippen molar-refractivity contribution in [3.63, 3.8) is 0 Å². The SMILES string of the molecule is CCSc1c2ccccc2nc2cc(Cl)ccc12. The van der Waals surface area contributed by atoms with E-state index in [1.807, 2.05) is 30.0 Å². The van der Waals surface area contributed by atoms with Crippen LogP contribution in [-0.2, 0) is 0 Å². The van der Waals surface area contributed by atoms with Crippen molar-refractivity contribution in [2.75, 3.05) is 5.75 Å². The van der Waals surface area contributed by atoms with E-state index in [0.29, 0.717) is 0 Å². The van der Waals surface area contributed by atoms with Crippen LogP contribution >= 0.6 is 23.4 Å². The number of aromatic nitrogens is 1. The van der Waals surface area contributed by atoms with Crippen molar-refractivity contribution >= 4 is 45.2 Å². The molecule has 0 radical (unpaired) electrons. The minimum atomic E-state index is 0.734. The number of nitrogens with zero attached hydrogens (tertiary/aromatic N) is 1. The summed E-state index contributed by atoms with van der Waals surface area (Å²) in [5, 5.41) is 3.14. The molecule has 0 aliphatic carbocycles. The number of rotatable bonds is 2. The number of benzene rings is 2. The van der Waals surface area contributed by atoms with Gasteiger partial charge in [-0.25, -0.2) is 4.98 Å². The van der Waals surface area contributed by atoms with Gasteiger partial charge in [0.2, 0.25) is 0 Å². The Balaban J connectivity index is 2.45. The molecule has 0 atom stereocenters. The van der Waals surface area contributed by atoms with Crippen molar-refractivity contribution in [3.8, 4) is 0 Å². The lowest BCUT2D eigenvalue weighted by molar-refractivity contribution is 1.44. The highest BCUT2D eigenvalue weighted by Crippen LogP contribution is 2.34. The van der Waals surface area contributed by atoms with Crippen molar-refractivity contribution in [3.05, 3.63) is 47.5 Å². The lowest BCUT2D eigenvalue weighted by Crippen LogP contribution is -1.87. The Hall–Kier alpha value is -1.25. The molecule has 0 fully saturated rings. The lowest BCUT2D eigenvalue weighted by atomic mass is 10.1. The Bertz CT molecular complexity index is 724. The van der Waals surface area contributed by atoms with Gasteiger partial charge < -0.3 is 0 Å². The maximum atomic E-state index is 6.05. The molecule has 0 unspecified atom stereocenters. The van der Waals surface area contributed by atoms with Gasteiger partial charge in [-0.05, 0) is 24.0 Å². The van der Waals surface area contributed by atoms with Crippen LogP contribution in [0.4, 0.5) is 0 Å². The smallest absolute Gasteiger partial charge is 0.0735 e. The van der Waals surface area contributed by atoms with Crippen LogP contribution in [0.15, 0.2) is 47.4 Å². The first-order chi connectivity index (χ1) is 8.79. The Morgan fingerprint density at radius 2 is 1.83 bits per heavy atom. The molecule has 0 saturated heterocycles. The molecular weight excluding hydrogens is 262 g/mol. The Morgan fingerprint density at radius 1 is 1.06 bits per heavy atom. The molecule has 1 heterocycles. The summed E-state index contributed by atoms with van der Waals surface area (Å²) < 4.78 is 0. The summed E-state index contributed by atoms with van der Waals surface area (Å²) in [5.41, 5.74) is 2.00. The monoisotopic (exact) mass is 273 g/mol. The Kier molecular flexibility index (Phi) is 3.14. The topological polar surface area (TPSA) is 12.9 Å². The standard InChI is InChI=1S/C15H12ClNS/c1-2-18-15-11-5-3-4-6-13(11)17-14-9-10(16)7-8-12(14)15/h3-9H,2H2,1H3. The molecule has 3 rings (SSSR count). The van der Waals surface area contributed by atoms with E-state index in [9.17, 15) is 0 Å². The molecule has 0 amide bonds. The number of hydrogen-bond acceptors (Lipinski definition) is 2. The number of para-hydroxylation sites is 1. The van der Waals surface area contributed by atoms with Crippen LogP contribution in [0, 0.1) is 0 Å². The number of hydrogen-bond donors (Lipinski definition) is 0. The average Bonchev–Trinajstić information content (AvgIpc) is 2.38. The highest BCUT2D eigenvalue weighted by molar-refractivity contribution is 7.99. The molecule has 90 valence electrons. The summed E-state index contributed by atoms with van der Waals surface area (Å²) in [6.07, 6.45) is 0. The van der Waals surface area contributed by atoms with Crippen LogP contribution in [0.2, 0.25) is 5.02 Å². The quantitative estimate of drug-likeness (QED) is 0.473. The van der Waals surface area contributed by atoms with Crippen LogP contribution in [0.25, 0.3) is 21.8 Å². The summed E-state index contributed by atoms with van der Waals surface area (Å²) in [6, 6.07) is 14.2. The molecule has 3 heteroatoms. The van der Waals surface area contributed by atoms with E-state index in [-0.39, 0.29) is 0 Å². The molecule has 0 saturated carbocycles. The molecule has 1 aromatic heterocycles. The zero-order valence-electron chi connectivity index (χ0n) is 9.98. The molecule has 0 N–H and O–H groups in total. The van der Waals surface area contributed by atoms with E-state index in [2.05, 4.69) is 36.2 Å². The van der Waals surface area contributed by atoms with Crippen LogP contribution in [0.3, 0.4) is 0 Å². The van der Waals surface area contributed by atoms with Gasteiger partial charge in [0.25, 0.3) is 0 Å². The number of pyridine rings is 1. The van der Waals surface area contributed by atoms with Gasteiger partial charge in [-0.3, -0.25) is 0 Å². The molecule has 1 nitrogen and oxygen atoms in total. The highest BCUT2D eigenvalue weighted by atomic mass is 35.5. The molecule has 0 spiro atoms. The third-order valence-corrected chi connectivity index (χ3v) is 4.13. The predicted octanol–water partition coefficient (Wildman–Crippen LogP) is 5.15. The van der Waals surface area contributed by atoms with Gasteiger partial charge in [-0.2, -0.15) is 0 Å². The van der Waals surface area contributed by atoms with Crippen molar-refractivity contribution in [1.29, 1.82) is 0 Å². The number of thioether (sulfide) groups is 1. The van der Waals surface area contributed by atoms with E-state index in [1.165, 1.54) is 15.7 Å². The first-order valence-corrected chi connectivity index (χ1v) is 7.27. The third-order valence-electron chi connectivity index (χ3n) is 2.88. The second kappa shape index (κ2) is 4.79. The average molecular weight is 274 g/mol. The number of halogens is 1. The van der Waals surface area contributed by atoms with E-state index in [0.717, 1.165) is 21.8 Å². The van der Waals surface area contributed by atoms with Gasteiger partial charge in [-0.1, -0.05) is 42.8 Å². The molecule has 0 aliphatic heterocycles. The zero-order valence-corrected chi connectivity index (χ0v) is 11.6. The highest BCUT2D eigenvalue weighted by Gasteiger charge is 2.08. The van der Waals surface area contributed by atoms with Crippen molar-refractivity contribution < 1.29 is 0 Å². The van der Waals surface area contributed by atoms with Crippen molar-refractivity contribution in [2.24, 2.45) is 0 Å². The fourth-order valence-corrected chi connectivity index (χ4v) is 3.24. The molecule has 3 aromatic rings. The second-order valence-electron chi connectivity index (χ2n) is 4.05. The van der Waals surface area contributed by atoms with Crippen LogP contribution in [0.5, 0.6) is 0 Å². The minimum absolute atomic E-state index is 0.734. The third kappa shape index (κ3) is 1.96. The molecule has 0 bridgehead atoms. The first kappa shape index (κ1) is 11.8. The van der Waals surface area contributed by atoms with Gasteiger partial charge in [0.05, 0.1) is 11.0 Å². The van der Waals surface area contributed by atoms with Crippen molar-refractivity contribution in [2.45, 2.75) is 11.8 Å². The van der Waals surface area contributed by atoms with E-state index in [4.69, 9.17) is 11.6 Å². The van der Waals surface area contributed by atoms with E-state index in [1.54, 1.807) is 0 Å². The largest absolute Gasteiger partial charge is 0.248 e. The summed E-state index contributed by atoms with van der Waals surface area (Å²) >= 11 is 7.91. The molecular formula is C15H12ClNS. The summed E-state index contributed by atoms with van der Waals surface area (Å²) in [4.78, 5) is 5.98. The van der Waals surface area contributed by atoms with Gasteiger partial charge in [0, 0.05) is 20.7 Å². The first-order valence-electron chi connectivity index (χ1n) is 5.90. The fraction of sp³-hybridized carbons (Fsp3) is 0.133. The summed E-state index contributed by atoms with van der Waals surface area (Å²) in [7, 11) is 0. The van der Waals surface area contributed by atoms with Gasteiger partial charge in [-0.15, -0.1) is 11.8 Å².